The average molecular weight is 369 g/mol. The molecular formula is C19H29FN2O2S. The average Bonchev–Trinajstić information content (AvgIpc) is 2.53. The van der Waals surface area contributed by atoms with E-state index < -0.39 is 10.0 Å². The third-order valence-corrected chi connectivity index (χ3v) is 6.51. The van der Waals surface area contributed by atoms with Crippen LogP contribution >= 0.6 is 0 Å². The predicted octanol–water partition coefficient (Wildman–Crippen LogP) is 4.04. The minimum absolute atomic E-state index is 0.119. The zero-order chi connectivity index (χ0) is 18.7. The molecule has 6 heteroatoms. The van der Waals surface area contributed by atoms with Crippen molar-refractivity contribution in [1.29, 1.82) is 0 Å². The summed E-state index contributed by atoms with van der Waals surface area (Å²) in [5, 5.41) is 3.42. The van der Waals surface area contributed by atoms with Gasteiger partial charge >= 0.3 is 0 Å². The number of aryl methyl sites for hydroxylation is 1. The zero-order valence-electron chi connectivity index (χ0n) is 15.4. The van der Waals surface area contributed by atoms with Gasteiger partial charge in [-0.15, -0.1) is 0 Å². The van der Waals surface area contributed by atoms with Crippen LogP contribution in [0.15, 0.2) is 35.2 Å². The molecule has 1 aliphatic carbocycles. The Morgan fingerprint density at radius 2 is 2.12 bits per heavy atom. The number of benzene rings is 1. The highest BCUT2D eigenvalue weighted by molar-refractivity contribution is 7.89. The lowest BCUT2D eigenvalue weighted by atomic mass is 9.67. The second kappa shape index (κ2) is 7.87. The maximum atomic E-state index is 13.2. The Kier molecular flexibility index (Phi) is 6.27. The van der Waals surface area contributed by atoms with Crippen LogP contribution in [0.5, 0.6) is 0 Å². The van der Waals surface area contributed by atoms with Crippen molar-refractivity contribution in [1.82, 2.24) is 4.72 Å². The number of anilines is 1. The zero-order valence-corrected chi connectivity index (χ0v) is 16.2. The molecule has 0 heterocycles. The smallest absolute Gasteiger partial charge is 0.240 e. The molecule has 140 valence electrons. The van der Waals surface area contributed by atoms with Gasteiger partial charge in [-0.05, 0) is 74.8 Å². The fraction of sp³-hybridized carbons (Fsp3) is 0.579. The molecule has 1 aliphatic rings. The van der Waals surface area contributed by atoms with Crippen molar-refractivity contribution in [2.24, 2.45) is 11.3 Å². The Hall–Kier alpha value is -1.40. The molecule has 0 aliphatic heterocycles. The van der Waals surface area contributed by atoms with Gasteiger partial charge in [-0.3, -0.25) is 4.39 Å². The topological polar surface area (TPSA) is 58.2 Å². The van der Waals surface area contributed by atoms with Gasteiger partial charge in [0.1, 0.15) is 0 Å². The molecule has 0 bridgehead atoms. The number of sulfonamides is 1. The van der Waals surface area contributed by atoms with Crippen LogP contribution < -0.4 is 10.0 Å². The molecule has 2 atom stereocenters. The molecule has 0 amide bonds. The molecule has 4 nitrogen and oxygen atoms in total. The molecule has 0 aromatic heterocycles. The van der Waals surface area contributed by atoms with Crippen LogP contribution in [0.4, 0.5) is 10.1 Å². The van der Waals surface area contributed by atoms with Gasteiger partial charge in [-0.25, -0.2) is 13.1 Å². The number of rotatable bonds is 7. The van der Waals surface area contributed by atoms with Crippen molar-refractivity contribution >= 4 is 15.7 Å². The first-order chi connectivity index (χ1) is 11.7. The van der Waals surface area contributed by atoms with E-state index in [1.165, 1.54) is 12.6 Å². The molecule has 1 fully saturated rings. The van der Waals surface area contributed by atoms with Crippen LogP contribution in [-0.4, -0.2) is 28.7 Å². The summed E-state index contributed by atoms with van der Waals surface area (Å²) in [5.41, 5.74) is 2.82. The van der Waals surface area contributed by atoms with Gasteiger partial charge in [0.2, 0.25) is 10.0 Å². The van der Waals surface area contributed by atoms with Gasteiger partial charge in [0.25, 0.3) is 0 Å². The predicted molar refractivity (Wildman–Crippen MR) is 101 cm³/mol. The van der Waals surface area contributed by atoms with Gasteiger partial charge in [-0.1, -0.05) is 19.1 Å². The Labute approximate surface area is 151 Å². The molecule has 2 rings (SSSR count). The van der Waals surface area contributed by atoms with Crippen LogP contribution in [0.1, 0.15) is 38.2 Å². The molecule has 25 heavy (non-hydrogen) atoms. The third kappa shape index (κ3) is 4.82. The summed E-state index contributed by atoms with van der Waals surface area (Å²) >= 11 is 0. The normalized spacial score (nSPS) is 24.3. The minimum Gasteiger partial charge on any atom is -0.384 e. The molecule has 0 radical (unpaired) electrons. The number of nitrogens with one attached hydrogen (secondary N) is 2. The molecule has 1 aromatic rings. The Morgan fingerprint density at radius 1 is 1.40 bits per heavy atom. The number of allylic oxidation sites excluding steroid dienone is 1. The molecular weight excluding hydrogens is 339 g/mol. The van der Waals surface area contributed by atoms with E-state index in [0.29, 0.717) is 18.9 Å². The van der Waals surface area contributed by atoms with Gasteiger partial charge < -0.3 is 5.32 Å². The number of alkyl halides is 1. The van der Waals surface area contributed by atoms with Crippen molar-refractivity contribution in [3.63, 3.8) is 0 Å². The summed E-state index contributed by atoms with van der Waals surface area (Å²) in [6, 6.07) is 5.02. The van der Waals surface area contributed by atoms with Gasteiger partial charge in [0.05, 0.1) is 11.6 Å². The van der Waals surface area contributed by atoms with E-state index in [1.807, 2.05) is 6.92 Å². The van der Waals surface area contributed by atoms with E-state index in [1.54, 1.807) is 18.2 Å². The first-order valence-corrected chi connectivity index (χ1v) is 10.2. The van der Waals surface area contributed by atoms with E-state index >= 15 is 0 Å². The third-order valence-electron chi connectivity index (χ3n) is 5.10. The van der Waals surface area contributed by atoms with Crippen LogP contribution in [-0.2, 0) is 10.0 Å². The van der Waals surface area contributed by atoms with Crippen molar-refractivity contribution in [3.05, 3.63) is 35.9 Å². The Balaban J connectivity index is 2.17. The van der Waals surface area contributed by atoms with E-state index in [4.69, 9.17) is 0 Å². The molecule has 1 saturated carbocycles. The van der Waals surface area contributed by atoms with E-state index in [2.05, 4.69) is 23.5 Å². The van der Waals surface area contributed by atoms with E-state index in [9.17, 15) is 12.8 Å². The van der Waals surface area contributed by atoms with Crippen molar-refractivity contribution in [3.8, 4) is 0 Å². The Morgan fingerprint density at radius 3 is 2.68 bits per heavy atom. The Bertz CT molecular complexity index is 733. The minimum atomic E-state index is -3.45. The lowest BCUT2D eigenvalue weighted by Gasteiger charge is -2.41. The maximum absolute atomic E-state index is 13.2. The van der Waals surface area contributed by atoms with Gasteiger partial charge in [0.15, 0.2) is 0 Å². The highest BCUT2D eigenvalue weighted by Gasteiger charge is 2.36. The SMILES string of the molecule is C=C1CC(C)CC(CCF)(CNc2ccc(S(=O)(=O)NC)cc2C)C1. The maximum Gasteiger partial charge on any atom is 0.240 e. The van der Waals surface area contributed by atoms with Crippen LogP contribution in [0, 0.1) is 18.3 Å². The van der Waals surface area contributed by atoms with Crippen molar-refractivity contribution < 1.29 is 12.8 Å². The largest absolute Gasteiger partial charge is 0.384 e. The second-order valence-electron chi connectivity index (χ2n) is 7.42. The molecule has 2 unspecified atom stereocenters. The first kappa shape index (κ1) is 19.9. The van der Waals surface area contributed by atoms with Crippen LogP contribution in [0.3, 0.4) is 0 Å². The van der Waals surface area contributed by atoms with E-state index in [-0.39, 0.29) is 17.0 Å². The number of hydrogen-bond donors (Lipinski definition) is 2. The lowest BCUT2D eigenvalue weighted by molar-refractivity contribution is 0.167. The monoisotopic (exact) mass is 368 g/mol. The molecule has 0 spiro atoms. The summed E-state index contributed by atoms with van der Waals surface area (Å²) in [5.74, 6) is 0.513. The summed E-state index contributed by atoms with van der Waals surface area (Å²) in [4.78, 5) is 0.246. The summed E-state index contributed by atoms with van der Waals surface area (Å²) in [7, 11) is -2.05. The highest BCUT2D eigenvalue weighted by Crippen LogP contribution is 2.44. The van der Waals surface area contributed by atoms with Gasteiger partial charge in [-0.2, -0.15) is 0 Å². The molecule has 2 N–H and O–H groups in total. The number of halogens is 1. The van der Waals surface area contributed by atoms with Crippen LogP contribution in [0.2, 0.25) is 0 Å². The fourth-order valence-electron chi connectivity index (χ4n) is 4.00. The van der Waals surface area contributed by atoms with E-state index in [0.717, 1.165) is 30.5 Å². The summed E-state index contributed by atoms with van der Waals surface area (Å²) in [6.07, 6.45) is 3.37. The summed E-state index contributed by atoms with van der Waals surface area (Å²) in [6.45, 7) is 8.54. The van der Waals surface area contributed by atoms with Gasteiger partial charge in [0, 0.05) is 12.2 Å². The standard InChI is InChI=1S/C19H29FN2O2S/c1-14-9-15(2)12-19(11-14,7-8-20)13-22-18-6-5-17(10-16(18)3)25(23,24)21-4/h5-6,10,15,21-22H,1,7-9,11-13H2,2-4H3. The molecule has 0 saturated heterocycles. The number of hydrogen-bond acceptors (Lipinski definition) is 3. The molecule has 1 aromatic carbocycles. The lowest BCUT2D eigenvalue weighted by Crippen LogP contribution is -2.36. The van der Waals surface area contributed by atoms with Crippen molar-refractivity contribution in [2.75, 3.05) is 25.6 Å². The fourth-order valence-corrected chi connectivity index (χ4v) is 4.81. The van der Waals surface area contributed by atoms with Crippen molar-refractivity contribution in [2.45, 2.75) is 44.4 Å². The summed E-state index contributed by atoms with van der Waals surface area (Å²) < 4.78 is 39.3. The van der Waals surface area contributed by atoms with Crippen LogP contribution in [0.25, 0.3) is 0 Å². The second-order valence-corrected chi connectivity index (χ2v) is 9.30. The first-order valence-electron chi connectivity index (χ1n) is 8.72. The highest BCUT2D eigenvalue weighted by atomic mass is 32.2. The quantitative estimate of drug-likeness (QED) is 0.714.